The van der Waals surface area contributed by atoms with E-state index in [2.05, 4.69) is 44.7 Å². The summed E-state index contributed by atoms with van der Waals surface area (Å²) < 4.78 is 7.14. The number of hydrogen-bond acceptors (Lipinski definition) is 5. The van der Waals surface area contributed by atoms with Crippen LogP contribution in [0.2, 0.25) is 0 Å². The Labute approximate surface area is 133 Å². The lowest BCUT2D eigenvalue weighted by atomic mass is 10.1. The van der Waals surface area contributed by atoms with E-state index in [0.29, 0.717) is 6.04 Å². The lowest BCUT2D eigenvalue weighted by Crippen LogP contribution is -2.43. The van der Waals surface area contributed by atoms with Gasteiger partial charge >= 0.3 is 0 Å². The Hall–Kier alpha value is -0.470. The minimum Gasteiger partial charge on any atom is -0.372 e. The van der Waals surface area contributed by atoms with Gasteiger partial charge in [0.2, 0.25) is 0 Å². The lowest BCUT2D eigenvalue weighted by molar-refractivity contribution is -0.0541. The maximum atomic E-state index is 6.02. The van der Waals surface area contributed by atoms with E-state index in [4.69, 9.17) is 9.72 Å². The van der Waals surface area contributed by atoms with Gasteiger partial charge in [0, 0.05) is 19.6 Å². The second-order valence-corrected chi connectivity index (χ2v) is 6.49. The first kappa shape index (κ1) is 14.5. The molecule has 1 aromatic rings. The first-order valence-corrected chi connectivity index (χ1v) is 8.40. The minimum absolute atomic E-state index is 0.0127. The van der Waals surface area contributed by atoms with Crippen LogP contribution in [-0.2, 0) is 11.2 Å². The molecule has 0 aliphatic carbocycles. The highest BCUT2D eigenvalue weighted by molar-refractivity contribution is 14.1. The molecule has 2 atom stereocenters. The van der Waals surface area contributed by atoms with Gasteiger partial charge < -0.3 is 10.1 Å². The smallest absolute Gasteiger partial charge is 0.161 e. The van der Waals surface area contributed by atoms with E-state index < -0.39 is 0 Å². The van der Waals surface area contributed by atoms with Gasteiger partial charge in [-0.1, -0.05) is 6.92 Å². The molecule has 5 nitrogen and oxygen atoms in total. The zero-order chi connectivity index (χ0) is 14.1. The highest BCUT2D eigenvalue weighted by atomic mass is 127. The summed E-state index contributed by atoms with van der Waals surface area (Å²) in [5.41, 5.74) is 1.10. The molecule has 1 aromatic heterocycles. The van der Waals surface area contributed by atoms with Crippen molar-refractivity contribution in [2.24, 2.45) is 0 Å². The number of aromatic nitrogens is 2. The molecule has 20 heavy (non-hydrogen) atoms. The number of rotatable bonds is 3. The van der Waals surface area contributed by atoms with Crippen molar-refractivity contribution in [3.8, 4) is 0 Å². The van der Waals surface area contributed by atoms with Crippen molar-refractivity contribution in [3.63, 3.8) is 0 Å². The molecular weight excluding hydrogens is 367 g/mol. The molecule has 6 heteroatoms. The predicted molar refractivity (Wildman–Crippen MR) is 87.0 cm³/mol. The maximum absolute atomic E-state index is 6.02. The van der Waals surface area contributed by atoms with Crippen LogP contribution in [0.5, 0.6) is 0 Å². The van der Waals surface area contributed by atoms with E-state index in [1.165, 1.54) is 19.4 Å². The Balaban J connectivity index is 1.86. The van der Waals surface area contributed by atoms with E-state index in [-0.39, 0.29) is 6.10 Å². The largest absolute Gasteiger partial charge is 0.372 e. The van der Waals surface area contributed by atoms with Crippen LogP contribution >= 0.6 is 22.6 Å². The summed E-state index contributed by atoms with van der Waals surface area (Å²) in [4.78, 5) is 11.9. The molecule has 2 unspecified atom stereocenters. The van der Waals surface area contributed by atoms with Crippen LogP contribution < -0.4 is 5.32 Å². The summed E-state index contributed by atoms with van der Waals surface area (Å²) >= 11 is 2.31. The molecular formula is C14H21IN4O. The second kappa shape index (κ2) is 6.11. The number of fused-ring (bicyclic) bond motifs is 1. The van der Waals surface area contributed by atoms with Crippen molar-refractivity contribution in [2.45, 2.75) is 38.3 Å². The normalized spacial score (nSPS) is 26.6. The monoisotopic (exact) mass is 388 g/mol. The van der Waals surface area contributed by atoms with Gasteiger partial charge in [0.1, 0.15) is 11.9 Å². The Kier molecular flexibility index (Phi) is 4.42. The van der Waals surface area contributed by atoms with Gasteiger partial charge in [-0.3, -0.25) is 4.90 Å². The fraction of sp³-hybridized carbons (Fsp3) is 0.714. The summed E-state index contributed by atoms with van der Waals surface area (Å²) in [6.07, 6.45) is 3.48. The van der Waals surface area contributed by atoms with E-state index in [1.54, 1.807) is 0 Å². The Morgan fingerprint density at radius 1 is 1.45 bits per heavy atom. The number of anilines is 1. The van der Waals surface area contributed by atoms with Gasteiger partial charge in [0.25, 0.3) is 0 Å². The molecule has 0 amide bonds. The molecule has 2 fully saturated rings. The van der Waals surface area contributed by atoms with Gasteiger partial charge in [0.05, 0.1) is 15.9 Å². The van der Waals surface area contributed by atoms with Gasteiger partial charge in [-0.05, 0) is 48.4 Å². The van der Waals surface area contributed by atoms with Crippen LogP contribution in [0, 0.1) is 3.57 Å². The third-order valence-electron chi connectivity index (χ3n) is 4.19. The van der Waals surface area contributed by atoms with E-state index >= 15 is 0 Å². The van der Waals surface area contributed by atoms with Crippen LogP contribution in [-0.4, -0.2) is 47.7 Å². The van der Waals surface area contributed by atoms with Crippen LogP contribution in [0.15, 0.2) is 0 Å². The Morgan fingerprint density at radius 2 is 2.30 bits per heavy atom. The maximum Gasteiger partial charge on any atom is 0.161 e. The minimum atomic E-state index is 0.0127. The molecule has 0 saturated carbocycles. The van der Waals surface area contributed by atoms with Gasteiger partial charge in [0.15, 0.2) is 5.82 Å². The van der Waals surface area contributed by atoms with Crippen LogP contribution in [0.3, 0.4) is 0 Å². The standard InChI is InChI=1S/C14H21IN4O/c1-3-10-12(15)14(16-2)18-13(17-10)11-7-19-6-4-5-9(19)8-20-11/h9,11H,3-8H2,1-2H3,(H,16,17,18). The summed E-state index contributed by atoms with van der Waals surface area (Å²) in [6, 6.07) is 0.615. The zero-order valence-electron chi connectivity index (χ0n) is 12.0. The summed E-state index contributed by atoms with van der Waals surface area (Å²) in [6.45, 7) is 5.06. The number of ether oxygens (including phenoxy) is 1. The fourth-order valence-electron chi connectivity index (χ4n) is 3.03. The highest BCUT2D eigenvalue weighted by Gasteiger charge is 2.34. The third kappa shape index (κ3) is 2.65. The quantitative estimate of drug-likeness (QED) is 0.805. The zero-order valence-corrected chi connectivity index (χ0v) is 14.2. The van der Waals surface area contributed by atoms with Gasteiger partial charge in [-0.15, -0.1) is 0 Å². The molecule has 2 saturated heterocycles. The van der Waals surface area contributed by atoms with Crippen molar-refractivity contribution in [3.05, 3.63) is 15.1 Å². The average molecular weight is 388 g/mol. The number of nitrogens with zero attached hydrogens (tertiary/aromatic N) is 3. The lowest BCUT2D eigenvalue weighted by Gasteiger charge is -2.34. The molecule has 2 aliphatic rings. The number of nitrogens with one attached hydrogen (secondary N) is 1. The second-order valence-electron chi connectivity index (χ2n) is 5.41. The first-order chi connectivity index (χ1) is 9.72. The van der Waals surface area contributed by atoms with Crippen LogP contribution in [0.25, 0.3) is 0 Å². The molecule has 1 N–H and O–H groups in total. The third-order valence-corrected chi connectivity index (χ3v) is 5.32. The SMILES string of the molecule is CCc1nc(C2CN3CCCC3CO2)nc(NC)c1I. The molecule has 0 radical (unpaired) electrons. The number of morpholine rings is 1. The van der Waals surface area contributed by atoms with Gasteiger partial charge in [-0.25, -0.2) is 9.97 Å². The fourth-order valence-corrected chi connectivity index (χ4v) is 3.92. The predicted octanol–water partition coefficient (Wildman–Crippen LogP) is 2.22. The Morgan fingerprint density at radius 3 is 3.05 bits per heavy atom. The molecule has 0 aromatic carbocycles. The number of hydrogen-bond donors (Lipinski definition) is 1. The summed E-state index contributed by atoms with van der Waals surface area (Å²) in [5, 5.41) is 3.17. The van der Waals surface area contributed by atoms with E-state index in [9.17, 15) is 0 Å². The van der Waals surface area contributed by atoms with E-state index in [1.807, 2.05) is 7.05 Å². The molecule has 0 bridgehead atoms. The van der Waals surface area contributed by atoms with Gasteiger partial charge in [-0.2, -0.15) is 0 Å². The average Bonchev–Trinajstić information content (AvgIpc) is 2.95. The summed E-state index contributed by atoms with van der Waals surface area (Å²) in [5.74, 6) is 1.75. The molecule has 2 aliphatic heterocycles. The molecule has 3 heterocycles. The van der Waals surface area contributed by atoms with Crippen LogP contribution in [0.4, 0.5) is 5.82 Å². The highest BCUT2D eigenvalue weighted by Crippen LogP contribution is 2.30. The molecule has 3 rings (SSSR count). The summed E-state index contributed by atoms with van der Waals surface area (Å²) in [7, 11) is 1.91. The van der Waals surface area contributed by atoms with Crippen molar-refractivity contribution >= 4 is 28.4 Å². The molecule has 110 valence electrons. The van der Waals surface area contributed by atoms with Crippen molar-refractivity contribution < 1.29 is 4.74 Å². The van der Waals surface area contributed by atoms with Crippen LogP contribution in [0.1, 0.15) is 37.4 Å². The van der Waals surface area contributed by atoms with Crippen molar-refractivity contribution in [1.29, 1.82) is 0 Å². The number of aryl methyl sites for hydroxylation is 1. The van der Waals surface area contributed by atoms with E-state index in [0.717, 1.165) is 40.5 Å². The van der Waals surface area contributed by atoms with Crippen molar-refractivity contribution in [1.82, 2.24) is 14.9 Å². The topological polar surface area (TPSA) is 50.3 Å². The Bertz CT molecular complexity index is 471. The molecule has 0 spiro atoms. The first-order valence-electron chi connectivity index (χ1n) is 7.32. The number of halogens is 1. The van der Waals surface area contributed by atoms with Crippen molar-refractivity contribution in [2.75, 3.05) is 32.1 Å².